The number of benzene rings is 2. The van der Waals surface area contributed by atoms with E-state index in [1.807, 2.05) is 31.2 Å². The van der Waals surface area contributed by atoms with E-state index in [4.69, 9.17) is 4.74 Å². The first-order valence-electron chi connectivity index (χ1n) is 7.45. The van der Waals surface area contributed by atoms with Crippen LogP contribution < -0.4 is 0 Å². The Kier molecular flexibility index (Phi) is 4.59. The second kappa shape index (κ2) is 6.64. The predicted molar refractivity (Wildman–Crippen MR) is 90.2 cm³/mol. The zero-order valence-electron chi connectivity index (χ0n) is 12.7. The smallest absolute Gasteiger partial charge is 0.263 e. The van der Waals surface area contributed by atoms with E-state index in [1.54, 1.807) is 24.3 Å². The summed E-state index contributed by atoms with van der Waals surface area (Å²) in [6.45, 7) is 2.27. The maximum absolute atomic E-state index is 12.6. The van der Waals surface area contributed by atoms with E-state index >= 15 is 0 Å². The molecule has 2 aromatic carbocycles. The van der Waals surface area contributed by atoms with Crippen LogP contribution in [0.25, 0.3) is 0 Å². The summed E-state index contributed by atoms with van der Waals surface area (Å²) >= 11 is 3.50. The van der Waals surface area contributed by atoms with E-state index in [9.17, 15) is 9.59 Å². The third-order valence-electron chi connectivity index (χ3n) is 3.82. The Balaban J connectivity index is 1.92. The number of amides is 2. The zero-order valence-corrected chi connectivity index (χ0v) is 14.2. The van der Waals surface area contributed by atoms with E-state index in [-0.39, 0.29) is 11.8 Å². The summed E-state index contributed by atoms with van der Waals surface area (Å²) in [4.78, 5) is 26.5. The van der Waals surface area contributed by atoms with E-state index in [0.29, 0.717) is 24.2 Å². The van der Waals surface area contributed by atoms with E-state index in [2.05, 4.69) is 15.9 Å². The number of halogens is 1. The second-order valence-electron chi connectivity index (χ2n) is 5.23. The molecule has 118 valence electrons. The van der Waals surface area contributed by atoms with Gasteiger partial charge in [0.15, 0.2) is 0 Å². The molecule has 0 saturated carbocycles. The van der Waals surface area contributed by atoms with E-state index in [0.717, 1.165) is 10.0 Å². The van der Waals surface area contributed by atoms with Crippen molar-refractivity contribution in [3.8, 4) is 0 Å². The molecule has 5 heteroatoms. The number of rotatable bonds is 5. The predicted octanol–water partition coefficient (Wildman–Crippen LogP) is 3.65. The average molecular weight is 374 g/mol. The summed E-state index contributed by atoms with van der Waals surface area (Å²) < 4.78 is 6.65. The fourth-order valence-electron chi connectivity index (χ4n) is 2.74. The molecule has 2 aromatic rings. The molecule has 0 fully saturated rings. The van der Waals surface area contributed by atoms with Crippen molar-refractivity contribution in [1.29, 1.82) is 0 Å². The molecule has 2 amide bonds. The molecule has 0 spiro atoms. The molecule has 0 bridgehead atoms. The van der Waals surface area contributed by atoms with Crippen LogP contribution in [0.1, 0.15) is 33.2 Å². The van der Waals surface area contributed by atoms with Crippen molar-refractivity contribution >= 4 is 27.7 Å². The molecule has 1 unspecified atom stereocenters. The highest BCUT2D eigenvalue weighted by Gasteiger charge is 2.40. The molecule has 23 heavy (non-hydrogen) atoms. The van der Waals surface area contributed by atoms with Crippen molar-refractivity contribution in [2.24, 2.45) is 0 Å². The number of imide groups is 1. The highest BCUT2D eigenvalue weighted by molar-refractivity contribution is 9.10. The summed E-state index contributed by atoms with van der Waals surface area (Å²) in [5.74, 6) is -0.591. The molecule has 0 saturated heterocycles. The minimum Gasteiger partial charge on any atom is -0.358 e. The maximum Gasteiger partial charge on any atom is 0.263 e. The van der Waals surface area contributed by atoms with Crippen LogP contribution in [0.15, 0.2) is 53.0 Å². The van der Waals surface area contributed by atoms with Crippen LogP contribution in [0.5, 0.6) is 0 Å². The quantitative estimate of drug-likeness (QED) is 0.751. The van der Waals surface area contributed by atoms with Gasteiger partial charge in [0.2, 0.25) is 0 Å². The van der Waals surface area contributed by atoms with Crippen molar-refractivity contribution in [3.63, 3.8) is 0 Å². The molecule has 4 nitrogen and oxygen atoms in total. The zero-order chi connectivity index (χ0) is 16.4. The van der Waals surface area contributed by atoms with Crippen molar-refractivity contribution in [3.05, 3.63) is 69.7 Å². The van der Waals surface area contributed by atoms with Gasteiger partial charge in [-0.25, -0.2) is 4.90 Å². The van der Waals surface area contributed by atoms with Gasteiger partial charge in [0.25, 0.3) is 11.8 Å². The third kappa shape index (κ3) is 2.94. The van der Waals surface area contributed by atoms with Crippen LogP contribution in [-0.2, 0) is 11.2 Å². The van der Waals surface area contributed by atoms with Gasteiger partial charge in [-0.1, -0.05) is 46.3 Å². The van der Waals surface area contributed by atoms with Gasteiger partial charge in [0.1, 0.15) is 6.23 Å². The fourth-order valence-corrected chi connectivity index (χ4v) is 3.19. The molecule has 1 atom stereocenters. The Morgan fingerprint density at radius 1 is 1.00 bits per heavy atom. The van der Waals surface area contributed by atoms with Gasteiger partial charge in [-0.05, 0) is 30.7 Å². The Bertz CT molecular complexity index is 724. The van der Waals surface area contributed by atoms with Crippen LogP contribution in [-0.4, -0.2) is 29.5 Å². The average Bonchev–Trinajstić information content (AvgIpc) is 2.81. The second-order valence-corrected chi connectivity index (χ2v) is 6.09. The Labute approximate surface area is 143 Å². The molecule has 0 aromatic heterocycles. The van der Waals surface area contributed by atoms with Gasteiger partial charge in [-0.2, -0.15) is 0 Å². The van der Waals surface area contributed by atoms with E-state index < -0.39 is 6.23 Å². The summed E-state index contributed by atoms with van der Waals surface area (Å²) in [6.07, 6.45) is -0.174. The number of hydrogen-bond donors (Lipinski definition) is 0. The number of fused-ring (bicyclic) bond motifs is 1. The summed E-state index contributed by atoms with van der Waals surface area (Å²) in [5.41, 5.74) is 1.87. The van der Waals surface area contributed by atoms with Crippen LogP contribution in [0.4, 0.5) is 0 Å². The van der Waals surface area contributed by atoms with Crippen molar-refractivity contribution < 1.29 is 14.3 Å². The normalized spacial score (nSPS) is 15.0. The minimum absolute atomic E-state index is 0.295. The molecular formula is C18H16BrNO3. The van der Waals surface area contributed by atoms with Crippen LogP contribution in [0, 0.1) is 0 Å². The number of nitrogens with zero attached hydrogens (tertiary/aromatic N) is 1. The maximum atomic E-state index is 12.6. The molecular weight excluding hydrogens is 358 g/mol. The largest absolute Gasteiger partial charge is 0.358 e. The van der Waals surface area contributed by atoms with Crippen molar-refractivity contribution in [2.45, 2.75) is 19.6 Å². The van der Waals surface area contributed by atoms with Crippen LogP contribution in [0.3, 0.4) is 0 Å². The first kappa shape index (κ1) is 15.9. The lowest BCUT2D eigenvalue weighted by Crippen LogP contribution is -2.43. The number of hydrogen-bond acceptors (Lipinski definition) is 3. The van der Waals surface area contributed by atoms with Gasteiger partial charge in [0.05, 0.1) is 11.1 Å². The van der Waals surface area contributed by atoms with Crippen molar-refractivity contribution in [1.82, 2.24) is 4.90 Å². The monoisotopic (exact) mass is 373 g/mol. The fraction of sp³-hybridized carbons (Fsp3) is 0.222. The molecule has 1 aliphatic heterocycles. The summed E-state index contributed by atoms with van der Waals surface area (Å²) in [7, 11) is 0. The lowest BCUT2D eigenvalue weighted by Gasteiger charge is -2.26. The minimum atomic E-state index is -0.619. The van der Waals surface area contributed by atoms with Gasteiger partial charge in [-0.3, -0.25) is 9.59 Å². The highest BCUT2D eigenvalue weighted by atomic mass is 79.9. The van der Waals surface area contributed by atoms with Gasteiger partial charge in [0, 0.05) is 17.5 Å². The summed E-state index contributed by atoms with van der Waals surface area (Å²) in [6, 6.07) is 14.6. The molecule has 0 aliphatic carbocycles. The molecule has 0 radical (unpaired) electrons. The van der Waals surface area contributed by atoms with Crippen molar-refractivity contribution in [2.75, 3.05) is 6.61 Å². The SMILES string of the molecule is CCOC(Cc1ccccc1Br)N1C(=O)c2ccccc2C1=O. The van der Waals surface area contributed by atoms with Crippen LogP contribution >= 0.6 is 15.9 Å². The first-order valence-corrected chi connectivity index (χ1v) is 8.24. The molecule has 1 heterocycles. The number of ether oxygens (including phenoxy) is 1. The lowest BCUT2D eigenvalue weighted by atomic mass is 10.1. The topological polar surface area (TPSA) is 46.6 Å². The van der Waals surface area contributed by atoms with Gasteiger partial charge in [-0.15, -0.1) is 0 Å². The number of carbonyl (C=O) groups excluding carboxylic acids is 2. The standard InChI is InChI=1S/C18H16BrNO3/c1-2-23-16(11-12-7-3-6-10-15(12)19)20-17(21)13-8-4-5-9-14(13)18(20)22/h3-10,16H,2,11H2,1H3. The Morgan fingerprint density at radius 3 is 2.13 bits per heavy atom. The lowest BCUT2D eigenvalue weighted by molar-refractivity contribution is -0.0276. The van der Waals surface area contributed by atoms with E-state index in [1.165, 1.54) is 4.90 Å². The Morgan fingerprint density at radius 2 is 1.57 bits per heavy atom. The van der Waals surface area contributed by atoms with Gasteiger partial charge < -0.3 is 4.74 Å². The third-order valence-corrected chi connectivity index (χ3v) is 4.60. The molecule has 0 N–H and O–H groups in total. The number of carbonyl (C=O) groups is 2. The Hall–Kier alpha value is -1.98. The summed E-state index contributed by atoms with van der Waals surface area (Å²) in [5, 5.41) is 0. The molecule has 1 aliphatic rings. The van der Waals surface area contributed by atoms with Crippen LogP contribution in [0.2, 0.25) is 0 Å². The van der Waals surface area contributed by atoms with Gasteiger partial charge >= 0.3 is 0 Å². The first-order chi connectivity index (χ1) is 11.1. The highest BCUT2D eigenvalue weighted by Crippen LogP contribution is 2.27. The molecule has 3 rings (SSSR count).